The third kappa shape index (κ3) is 3.06. The fourth-order valence-electron chi connectivity index (χ4n) is 2.89. The Bertz CT molecular complexity index is 498. The zero-order chi connectivity index (χ0) is 13.4. The normalized spacial score (nSPS) is 20.8. The summed E-state index contributed by atoms with van der Waals surface area (Å²) in [6, 6.07) is 3.59. The van der Waals surface area contributed by atoms with Gasteiger partial charge in [0.15, 0.2) is 0 Å². The van der Waals surface area contributed by atoms with Crippen molar-refractivity contribution < 1.29 is 0 Å². The van der Waals surface area contributed by atoms with Gasteiger partial charge in [-0.25, -0.2) is 4.68 Å². The number of likely N-dealkylation sites (tertiary alicyclic amines) is 1. The van der Waals surface area contributed by atoms with Gasteiger partial charge in [-0.3, -0.25) is 4.79 Å². The molecule has 1 aliphatic heterocycles. The van der Waals surface area contributed by atoms with Crippen LogP contribution in [0.4, 0.5) is 0 Å². The number of rotatable bonds is 5. The Kier molecular flexibility index (Phi) is 3.44. The van der Waals surface area contributed by atoms with Gasteiger partial charge in [-0.15, -0.1) is 0 Å². The fraction of sp³-hybridized carbons (Fsp3) is 0.733. The molecule has 1 saturated carbocycles. The van der Waals surface area contributed by atoms with E-state index in [1.54, 1.807) is 10.7 Å². The lowest BCUT2D eigenvalue weighted by Crippen LogP contribution is -2.50. The summed E-state index contributed by atoms with van der Waals surface area (Å²) in [4.78, 5) is 14.3. The van der Waals surface area contributed by atoms with Gasteiger partial charge in [0, 0.05) is 37.5 Å². The fourth-order valence-corrected chi connectivity index (χ4v) is 2.89. The molecule has 104 valence electrons. The maximum Gasteiger partial charge on any atom is 0.266 e. The summed E-state index contributed by atoms with van der Waals surface area (Å²) < 4.78 is 1.69. The molecular formula is C15H23N3O. The molecule has 0 atom stereocenters. The molecule has 0 spiro atoms. The van der Waals surface area contributed by atoms with Crippen LogP contribution in [0.3, 0.4) is 0 Å². The third-order valence-corrected chi connectivity index (χ3v) is 3.97. The van der Waals surface area contributed by atoms with Gasteiger partial charge in [0.25, 0.3) is 5.56 Å². The van der Waals surface area contributed by atoms with Crippen molar-refractivity contribution in [2.75, 3.05) is 19.6 Å². The summed E-state index contributed by atoms with van der Waals surface area (Å²) >= 11 is 0. The highest BCUT2D eigenvalue weighted by molar-refractivity contribution is 5.12. The van der Waals surface area contributed by atoms with Crippen LogP contribution in [0.2, 0.25) is 0 Å². The smallest absolute Gasteiger partial charge is 0.266 e. The summed E-state index contributed by atoms with van der Waals surface area (Å²) in [5.74, 6) is 1.93. The number of aromatic nitrogens is 2. The minimum Gasteiger partial charge on any atom is -0.302 e. The molecule has 1 saturated heterocycles. The van der Waals surface area contributed by atoms with Crippen LogP contribution in [-0.2, 0) is 6.54 Å². The van der Waals surface area contributed by atoms with Crippen molar-refractivity contribution in [2.24, 2.45) is 11.8 Å². The van der Waals surface area contributed by atoms with Gasteiger partial charge in [0.2, 0.25) is 0 Å². The van der Waals surface area contributed by atoms with E-state index >= 15 is 0 Å². The standard InChI is InChI=1S/C15H23N3O/c1-11(2)7-17-8-12(9-17)10-18-15(19)6-5-14(16-18)13-3-4-13/h5-6,11-13H,3-4,7-10H2,1-2H3. The second kappa shape index (κ2) is 5.08. The second-order valence-corrected chi connectivity index (χ2v) is 6.53. The monoisotopic (exact) mass is 261 g/mol. The summed E-state index contributed by atoms with van der Waals surface area (Å²) in [5.41, 5.74) is 1.16. The van der Waals surface area contributed by atoms with Crippen LogP contribution in [0, 0.1) is 11.8 Å². The van der Waals surface area contributed by atoms with Gasteiger partial charge in [0.05, 0.1) is 12.2 Å². The first-order valence-corrected chi connectivity index (χ1v) is 7.42. The van der Waals surface area contributed by atoms with Gasteiger partial charge in [-0.2, -0.15) is 5.10 Å². The number of hydrogen-bond acceptors (Lipinski definition) is 3. The maximum absolute atomic E-state index is 11.8. The molecule has 0 radical (unpaired) electrons. The molecule has 0 N–H and O–H groups in total. The molecular weight excluding hydrogens is 238 g/mol. The number of hydrogen-bond donors (Lipinski definition) is 0. The Morgan fingerprint density at radius 2 is 2.05 bits per heavy atom. The van der Waals surface area contributed by atoms with Crippen molar-refractivity contribution in [3.05, 3.63) is 28.2 Å². The highest BCUT2D eigenvalue weighted by atomic mass is 16.1. The predicted molar refractivity (Wildman–Crippen MR) is 75.2 cm³/mol. The first-order valence-electron chi connectivity index (χ1n) is 7.42. The molecule has 4 heteroatoms. The van der Waals surface area contributed by atoms with Crippen LogP contribution < -0.4 is 5.56 Å². The molecule has 1 aromatic rings. The van der Waals surface area contributed by atoms with Crippen LogP contribution >= 0.6 is 0 Å². The van der Waals surface area contributed by atoms with Crippen molar-refractivity contribution >= 4 is 0 Å². The van der Waals surface area contributed by atoms with Crippen molar-refractivity contribution in [3.63, 3.8) is 0 Å². The summed E-state index contributed by atoms with van der Waals surface area (Å²) in [6.07, 6.45) is 2.47. The Morgan fingerprint density at radius 3 is 2.68 bits per heavy atom. The van der Waals surface area contributed by atoms with Crippen LogP contribution in [0.5, 0.6) is 0 Å². The molecule has 0 unspecified atom stereocenters. The second-order valence-electron chi connectivity index (χ2n) is 6.53. The predicted octanol–water partition coefficient (Wildman–Crippen LogP) is 1.71. The Labute approximate surface area is 114 Å². The lowest BCUT2D eigenvalue weighted by atomic mass is 9.98. The molecule has 3 rings (SSSR count). The minimum absolute atomic E-state index is 0.0479. The quantitative estimate of drug-likeness (QED) is 0.810. The highest BCUT2D eigenvalue weighted by Gasteiger charge is 2.29. The van der Waals surface area contributed by atoms with E-state index in [9.17, 15) is 4.79 Å². The SMILES string of the molecule is CC(C)CN1CC(Cn2nc(C3CC3)ccc2=O)C1. The van der Waals surface area contributed by atoms with Crippen LogP contribution in [0.15, 0.2) is 16.9 Å². The summed E-state index contributed by atoms with van der Waals surface area (Å²) in [7, 11) is 0. The van der Waals surface area contributed by atoms with Crippen molar-refractivity contribution in [2.45, 2.75) is 39.2 Å². The van der Waals surface area contributed by atoms with E-state index < -0.39 is 0 Å². The van der Waals surface area contributed by atoms with E-state index in [-0.39, 0.29) is 5.56 Å². The molecule has 1 aliphatic carbocycles. The topological polar surface area (TPSA) is 38.1 Å². The molecule has 2 aliphatic rings. The van der Waals surface area contributed by atoms with E-state index in [0.29, 0.717) is 11.8 Å². The Balaban J connectivity index is 1.58. The lowest BCUT2D eigenvalue weighted by molar-refractivity contribution is 0.0723. The largest absolute Gasteiger partial charge is 0.302 e. The minimum atomic E-state index is 0.0479. The van der Waals surface area contributed by atoms with Crippen LogP contribution in [-0.4, -0.2) is 34.3 Å². The highest BCUT2D eigenvalue weighted by Crippen LogP contribution is 2.38. The number of nitrogens with zero attached hydrogens (tertiary/aromatic N) is 3. The van der Waals surface area contributed by atoms with E-state index in [2.05, 4.69) is 23.8 Å². The van der Waals surface area contributed by atoms with Gasteiger partial charge >= 0.3 is 0 Å². The molecule has 0 aromatic carbocycles. The molecule has 0 bridgehead atoms. The first kappa shape index (κ1) is 12.9. The van der Waals surface area contributed by atoms with Crippen molar-refractivity contribution in [3.8, 4) is 0 Å². The van der Waals surface area contributed by atoms with E-state index in [0.717, 1.165) is 31.2 Å². The van der Waals surface area contributed by atoms with Crippen LogP contribution in [0.1, 0.15) is 38.3 Å². The summed E-state index contributed by atoms with van der Waals surface area (Å²) in [5, 5.41) is 4.53. The van der Waals surface area contributed by atoms with Crippen molar-refractivity contribution in [1.29, 1.82) is 0 Å². The van der Waals surface area contributed by atoms with E-state index in [1.165, 1.54) is 19.4 Å². The Morgan fingerprint density at radius 1 is 1.32 bits per heavy atom. The lowest BCUT2D eigenvalue weighted by Gasteiger charge is -2.40. The average Bonchev–Trinajstić information content (AvgIpc) is 3.12. The first-order chi connectivity index (χ1) is 9.11. The van der Waals surface area contributed by atoms with Crippen molar-refractivity contribution in [1.82, 2.24) is 14.7 Å². The molecule has 2 fully saturated rings. The molecule has 2 heterocycles. The van der Waals surface area contributed by atoms with E-state index in [4.69, 9.17) is 0 Å². The maximum atomic E-state index is 11.8. The molecule has 0 amide bonds. The van der Waals surface area contributed by atoms with Gasteiger partial charge < -0.3 is 4.90 Å². The van der Waals surface area contributed by atoms with Crippen LogP contribution in [0.25, 0.3) is 0 Å². The van der Waals surface area contributed by atoms with Gasteiger partial charge in [0.1, 0.15) is 0 Å². The summed E-state index contributed by atoms with van der Waals surface area (Å²) in [6.45, 7) is 8.67. The van der Waals surface area contributed by atoms with E-state index in [1.807, 2.05) is 6.07 Å². The average molecular weight is 261 g/mol. The Hall–Kier alpha value is -1.16. The van der Waals surface area contributed by atoms with Gasteiger partial charge in [-0.1, -0.05) is 13.8 Å². The third-order valence-electron chi connectivity index (χ3n) is 3.97. The van der Waals surface area contributed by atoms with Gasteiger partial charge in [-0.05, 0) is 24.8 Å². The molecule has 1 aromatic heterocycles. The zero-order valence-electron chi connectivity index (χ0n) is 11.9. The molecule has 4 nitrogen and oxygen atoms in total. The zero-order valence-corrected chi connectivity index (χ0v) is 11.9. The molecule has 19 heavy (non-hydrogen) atoms.